The van der Waals surface area contributed by atoms with Gasteiger partial charge in [-0.25, -0.2) is 13.6 Å². The summed E-state index contributed by atoms with van der Waals surface area (Å²) in [6.07, 6.45) is 8.41. The van der Waals surface area contributed by atoms with Crippen LogP contribution in [0.5, 0.6) is 0 Å². The summed E-state index contributed by atoms with van der Waals surface area (Å²) in [6, 6.07) is 3.67. The van der Waals surface area contributed by atoms with E-state index in [-0.39, 0.29) is 10.6 Å². The van der Waals surface area contributed by atoms with Gasteiger partial charge in [0.15, 0.2) is 0 Å². The summed E-state index contributed by atoms with van der Waals surface area (Å²) in [5.74, 6) is 0.982. The van der Waals surface area contributed by atoms with Crippen LogP contribution in [0.4, 0.5) is 11.4 Å². The molecule has 1 aromatic rings. The number of nitrogens with two attached hydrogens (primary N) is 1. The minimum absolute atomic E-state index is 0.269. The molecule has 3 N–H and O–H groups in total. The number of rotatable bonds is 7. The molecule has 2 saturated carbocycles. The van der Waals surface area contributed by atoms with Crippen LogP contribution in [0.25, 0.3) is 0 Å². The Morgan fingerprint density at radius 1 is 1.26 bits per heavy atom. The zero-order valence-corrected chi connectivity index (χ0v) is 15.9. The molecule has 1 aromatic carbocycles. The van der Waals surface area contributed by atoms with Gasteiger partial charge in [-0.2, -0.15) is 0 Å². The zero-order chi connectivity index (χ0) is 19.7. The molecule has 27 heavy (non-hydrogen) atoms. The lowest BCUT2D eigenvalue weighted by Crippen LogP contribution is -2.42. The number of aldehydes is 1. The topological polar surface area (TPSA) is 132 Å². The molecule has 0 saturated heterocycles. The van der Waals surface area contributed by atoms with Crippen LogP contribution in [0.2, 0.25) is 0 Å². The van der Waals surface area contributed by atoms with Crippen LogP contribution in [0.15, 0.2) is 23.1 Å². The van der Waals surface area contributed by atoms with E-state index in [4.69, 9.17) is 5.14 Å². The van der Waals surface area contributed by atoms with Crippen LogP contribution in [-0.4, -0.2) is 26.2 Å². The molecule has 2 aliphatic rings. The number of nitrogens with one attached hydrogen (secondary N) is 1. The van der Waals surface area contributed by atoms with Crippen LogP contribution in [0.1, 0.15) is 44.9 Å². The van der Waals surface area contributed by atoms with Crippen molar-refractivity contribution in [2.24, 2.45) is 22.4 Å². The van der Waals surface area contributed by atoms with Crippen molar-refractivity contribution >= 4 is 27.7 Å². The molecule has 0 bridgehead atoms. The normalized spacial score (nSPS) is 27.7. The number of nitrogens with zero attached hydrogens (tertiary/aromatic N) is 1. The molecule has 0 amide bonds. The van der Waals surface area contributed by atoms with Gasteiger partial charge in [-0.3, -0.25) is 10.1 Å². The summed E-state index contributed by atoms with van der Waals surface area (Å²) < 4.78 is 22.8. The Balaban J connectivity index is 1.56. The second kappa shape index (κ2) is 7.55. The Labute approximate surface area is 158 Å². The van der Waals surface area contributed by atoms with Crippen LogP contribution in [-0.2, 0) is 14.8 Å². The number of primary sulfonamides is 1. The predicted octanol–water partition coefficient (Wildman–Crippen LogP) is 2.83. The number of hydrogen-bond acceptors (Lipinski definition) is 6. The minimum atomic E-state index is -3.98. The van der Waals surface area contributed by atoms with Crippen LogP contribution < -0.4 is 10.5 Å². The molecule has 0 heterocycles. The van der Waals surface area contributed by atoms with Gasteiger partial charge in [-0.15, -0.1) is 0 Å². The lowest BCUT2D eigenvalue weighted by Gasteiger charge is -2.52. The molecule has 0 atom stereocenters. The van der Waals surface area contributed by atoms with Gasteiger partial charge in [0.1, 0.15) is 12.0 Å². The van der Waals surface area contributed by atoms with Crippen LogP contribution in [0, 0.1) is 27.4 Å². The highest BCUT2D eigenvalue weighted by molar-refractivity contribution is 7.89. The van der Waals surface area contributed by atoms with E-state index in [2.05, 4.69) is 5.32 Å². The molecular weight excluding hydrogens is 370 g/mol. The van der Waals surface area contributed by atoms with Crippen molar-refractivity contribution in [1.29, 1.82) is 0 Å². The van der Waals surface area contributed by atoms with Crippen molar-refractivity contribution in [3.05, 3.63) is 28.3 Å². The first-order valence-electron chi connectivity index (χ1n) is 9.21. The number of carbonyl (C=O) groups excluding carboxylic acids is 1. The smallest absolute Gasteiger partial charge is 0.293 e. The number of benzene rings is 1. The summed E-state index contributed by atoms with van der Waals surface area (Å²) in [5.41, 5.74) is 0.405. The number of sulfonamides is 1. The number of anilines is 1. The molecule has 2 aliphatic carbocycles. The van der Waals surface area contributed by atoms with E-state index in [9.17, 15) is 23.3 Å². The Bertz CT molecular complexity index is 823. The Kier molecular flexibility index (Phi) is 5.53. The van der Waals surface area contributed by atoms with Gasteiger partial charge in [0, 0.05) is 19.0 Å². The molecule has 0 aliphatic heterocycles. The highest BCUT2D eigenvalue weighted by Crippen LogP contribution is 2.56. The van der Waals surface area contributed by atoms with Gasteiger partial charge in [-0.1, -0.05) is 0 Å². The standard InChI is InChI=1S/C18H25N3O5S/c19-27(25,26)15-1-2-16(17(9-15)21(23)24)20-12-14-10-18(11-14)6-3-13(4-7-18)5-8-22/h1-2,8-9,13-14,20H,3-7,10-12H2,(H2,19,25,26). The minimum Gasteiger partial charge on any atom is -0.379 e. The van der Waals surface area contributed by atoms with Crippen molar-refractivity contribution < 1.29 is 18.1 Å². The third-order valence-electron chi connectivity index (χ3n) is 6.11. The van der Waals surface area contributed by atoms with E-state index in [1.54, 1.807) is 0 Å². The first-order valence-corrected chi connectivity index (χ1v) is 10.8. The second-order valence-electron chi connectivity index (χ2n) is 7.98. The molecule has 3 rings (SSSR count). The molecule has 2 fully saturated rings. The lowest BCUT2D eigenvalue weighted by molar-refractivity contribution is -0.384. The summed E-state index contributed by atoms with van der Waals surface area (Å²) in [4.78, 5) is 21.0. The van der Waals surface area contributed by atoms with Gasteiger partial charge in [-0.05, 0) is 67.9 Å². The highest BCUT2D eigenvalue weighted by Gasteiger charge is 2.45. The largest absolute Gasteiger partial charge is 0.379 e. The molecule has 148 valence electrons. The zero-order valence-electron chi connectivity index (χ0n) is 15.1. The van der Waals surface area contributed by atoms with Crippen molar-refractivity contribution in [1.82, 2.24) is 0 Å². The monoisotopic (exact) mass is 395 g/mol. The number of carbonyl (C=O) groups is 1. The summed E-state index contributed by atoms with van der Waals surface area (Å²) in [7, 11) is -3.98. The van der Waals surface area contributed by atoms with Crippen molar-refractivity contribution in [3.8, 4) is 0 Å². The Morgan fingerprint density at radius 2 is 1.93 bits per heavy atom. The van der Waals surface area contributed by atoms with E-state index in [1.807, 2.05) is 0 Å². The SMILES string of the molecule is NS(=O)(=O)c1ccc(NCC2CC3(CCC(CC=O)CC3)C2)c([N+](=O)[O-])c1. The summed E-state index contributed by atoms with van der Waals surface area (Å²) in [6.45, 7) is 0.620. The fraction of sp³-hybridized carbons (Fsp3) is 0.611. The summed E-state index contributed by atoms with van der Waals surface area (Å²) in [5, 5.41) is 19.4. The third-order valence-corrected chi connectivity index (χ3v) is 7.03. The summed E-state index contributed by atoms with van der Waals surface area (Å²) >= 11 is 0. The number of hydrogen-bond donors (Lipinski definition) is 2. The quantitative estimate of drug-likeness (QED) is 0.414. The fourth-order valence-corrected chi connectivity index (χ4v) is 5.16. The van der Waals surface area contributed by atoms with E-state index in [0.29, 0.717) is 35.9 Å². The first-order chi connectivity index (χ1) is 12.7. The van der Waals surface area contributed by atoms with Crippen LogP contribution >= 0.6 is 0 Å². The molecule has 0 unspecified atom stereocenters. The van der Waals surface area contributed by atoms with E-state index >= 15 is 0 Å². The fourth-order valence-electron chi connectivity index (χ4n) is 4.62. The first kappa shape index (κ1) is 19.8. The van der Waals surface area contributed by atoms with Gasteiger partial charge in [0.05, 0.1) is 9.82 Å². The number of nitro groups is 1. The van der Waals surface area contributed by atoms with E-state index in [0.717, 1.165) is 50.9 Å². The Morgan fingerprint density at radius 3 is 2.48 bits per heavy atom. The lowest BCUT2D eigenvalue weighted by atomic mass is 9.54. The average molecular weight is 395 g/mol. The maximum absolute atomic E-state index is 11.4. The average Bonchev–Trinajstić information content (AvgIpc) is 2.58. The van der Waals surface area contributed by atoms with Gasteiger partial charge < -0.3 is 10.1 Å². The van der Waals surface area contributed by atoms with E-state index < -0.39 is 14.9 Å². The van der Waals surface area contributed by atoms with Crippen molar-refractivity contribution in [3.63, 3.8) is 0 Å². The van der Waals surface area contributed by atoms with E-state index in [1.165, 1.54) is 12.1 Å². The van der Waals surface area contributed by atoms with Gasteiger partial charge >= 0.3 is 0 Å². The van der Waals surface area contributed by atoms with Gasteiger partial charge in [0.2, 0.25) is 10.0 Å². The molecule has 0 radical (unpaired) electrons. The molecule has 8 nitrogen and oxygen atoms in total. The predicted molar refractivity (Wildman–Crippen MR) is 101 cm³/mol. The molecule has 0 aromatic heterocycles. The van der Waals surface area contributed by atoms with Crippen LogP contribution in [0.3, 0.4) is 0 Å². The van der Waals surface area contributed by atoms with Crippen molar-refractivity contribution in [2.45, 2.75) is 49.8 Å². The third kappa shape index (κ3) is 4.47. The second-order valence-corrected chi connectivity index (χ2v) is 9.54. The Hall–Kier alpha value is -2.00. The number of nitro benzene ring substituents is 1. The molecule has 1 spiro atoms. The molecular formula is C18H25N3O5S. The van der Waals surface area contributed by atoms with Crippen molar-refractivity contribution in [2.75, 3.05) is 11.9 Å². The van der Waals surface area contributed by atoms with Gasteiger partial charge in [0.25, 0.3) is 5.69 Å². The maximum atomic E-state index is 11.4. The maximum Gasteiger partial charge on any atom is 0.293 e. The molecule has 9 heteroatoms. The highest BCUT2D eigenvalue weighted by atomic mass is 32.2.